The van der Waals surface area contributed by atoms with Crippen molar-refractivity contribution in [3.05, 3.63) is 29.2 Å². The maximum Gasteiger partial charge on any atom is 0.226 e. The molecule has 1 fully saturated rings. The Hall–Kier alpha value is -2.64. The van der Waals surface area contributed by atoms with Crippen molar-refractivity contribution in [3.63, 3.8) is 0 Å². The summed E-state index contributed by atoms with van der Waals surface area (Å²) in [6.07, 6.45) is 3.28. The van der Waals surface area contributed by atoms with Crippen molar-refractivity contribution in [2.24, 2.45) is 5.92 Å². The number of nitrogens with one attached hydrogen (secondary N) is 1. The van der Waals surface area contributed by atoms with Gasteiger partial charge in [-0.2, -0.15) is 10.1 Å². The number of aromatic nitrogens is 4. The lowest BCUT2D eigenvalue weighted by Gasteiger charge is -2.34. The number of carbonyl (C=O) groups is 1. The van der Waals surface area contributed by atoms with Crippen LogP contribution in [0.1, 0.15) is 36.3 Å². The molecule has 1 aliphatic heterocycles. The van der Waals surface area contributed by atoms with Crippen LogP contribution < -0.4 is 11.1 Å². The summed E-state index contributed by atoms with van der Waals surface area (Å²) in [4.78, 5) is 22.6. The molecule has 0 radical (unpaired) electrons. The Morgan fingerprint density at radius 2 is 2.16 bits per heavy atom. The number of carbonyl (C=O) groups excluding carboxylic acids is 1. The number of amides is 1. The summed E-state index contributed by atoms with van der Waals surface area (Å²) >= 11 is 0. The molecular formula is C17H23N7O. The summed E-state index contributed by atoms with van der Waals surface area (Å²) in [5.41, 5.74) is 8.52. The van der Waals surface area contributed by atoms with Crippen molar-refractivity contribution in [3.8, 4) is 0 Å². The first-order valence-corrected chi connectivity index (χ1v) is 8.78. The average Bonchev–Trinajstić information content (AvgIpc) is 2.92. The molecule has 3 N–H and O–H groups in total. The molecule has 0 bridgehead atoms. The van der Waals surface area contributed by atoms with Crippen LogP contribution in [-0.2, 0) is 24.4 Å². The Bertz CT molecular complexity index is 776. The van der Waals surface area contributed by atoms with Crippen LogP contribution in [0.2, 0.25) is 0 Å². The van der Waals surface area contributed by atoms with E-state index in [-0.39, 0.29) is 11.9 Å². The van der Waals surface area contributed by atoms with Gasteiger partial charge in [0, 0.05) is 24.2 Å². The second kappa shape index (κ2) is 6.34. The summed E-state index contributed by atoms with van der Waals surface area (Å²) in [6, 6.07) is 3.91. The average molecular weight is 341 g/mol. The van der Waals surface area contributed by atoms with Crippen LogP contribution in [0.15, 0.2) is 12.1 Å². The molecule has 1 aliphatic carbocycles. The highest BCUT2D eigenvalue weighted by Gasteiger charge is 2.31. The van der Waals surface area contributed by atoms with Gasteiger partial charge in [-0.1, -0.05) is 6.42 Å². The maximum absolute atomic E-state index is 12.4. The van der Waals surface area contributed by atoms with Crippen molar-refractivity contribution in [1.82, 2.24) is 24.6 Å². The van der Waals surface area contributed by atoms with Gasteiger partial charge in [0.05, 0.1) is 31.0 Å². The Labute approximate surface area is 146 Å². The summed E-state index contributed by atoms with van der Waals surface area (Å²) in [6.45, 7) is 4.60. The van der Waals surface area contributed by atoms with E-state index in [2.05, 4.69) is 26.4 Å². The van der Waals surface area contributed by atoms with Crippen LogP contribution >= 0.6 is 0 Å². The molecule has 8 nitrogen and oxygen atoms in total. The minimum absolute atomic E-state index is 0.252. The van der Waals surface area contributed by atoms with E-state index < -0.39 is 0 Å². The number of nitrogens with two attached hydrogens (primary N) is 1. The summed E-state index contributed by atoms with van der Waals surface area (Å²) in [5.74, 6) is 1.52. The largest absolute Gasteiger partial charge is 0.368 e. The lowest BCUT2D eigenvalue weighted by atomic mass is 9.84. The number of hydrogen-bond donors (Lipinski definition) is 2. The van der Waals surface area contributed by atoms with E-state index in [0.717, 1.165) is 43.0 Å². The van der Waals surface area contributed by atoms with E-state index >= 15 is 0 Å². The molecule has 1 amide bonds. The molecular weight excluding hydrogens is 318 g/mol. The number of hydrogen-bond acceptors (Lipinski definition) is 6. The molecule has 2 aromatic heterocycles. The van der Waals surface area contributed by atoms with Crippen LogP contribution in [0.4, 0.5) is 11.8 Å². The molecule has 2 aromatic rings. The maximum atomic E-state index is 12.4. The van der Waals surface area contributed by atoms with Crippen LogP contribution in [0, 0.1) is 12.8 Å². The molecule has 1 saturated carbocycles. The normalized spacial score (nSPS) is 17.1. The number of nitrogens with zero attached hydrogens (tertiary/aromatic N) is 5. The van der Waals surface area contributed by atoms with Crippen molar-refractivity contribution in [1.29, 1.82) is 0 Å². The van der Waals surface area contributed by atoms with E-state index in [1.165, 1.54) is 6.42 Å². The van der Waals surface area contributed by atoms with E-state index in [1.807, 2.05) is 22.6 Å². The molecule has 0 unspecified atom stereocenters. The SMILES string of the molecule is Cc1cc(NCc2cc3n(n2)CCN(C(=O)C2CCC2)C3)nc(N)n1. The van der Waals surface area contributed by atoms with Crippen molar-refractivity contribution >= 4 is 17.7 Å². The topological polar surface area (TPSA) is 102 Å². The highest BCUT2D eigenvalue weighted by Crippen LogP contribution is 2.29. The fourth-order valence-electron chi connectivity index (χ4n) is 3.38. The minimum atomic E-state index is 0.252. The van der Waals surface area contributed by atoms with Crippen molar-refractivity contribution in [2.75, 3.05) is 17.6 Å². The summed E-state index contributed by atoms with van der Waals surface area (Å²) in [7, 11) is 0. The zero-order valence-electron chi connectivity index (χ0n) is 14.4. The lowest BCUT2D eigenvalue weighted by molar-refractivity contribution is -0.139. The van der Waals surface area contributed by atoms with Gasteiger partial charge in [-0.3, -0.25) is 9.48 Å². The molecule has 0 aromatic carbocycles. The zero-order valence-corrected chi connectivity index (χ0v) is 14.4. The first kappa shape index (κ1) is 15.9. The van der Waals surface area contributed by atoms with Crippen LogP contribution in [-0.4, -0.2) is 37.1 Å². The van der Waals surface area contributed by atoms with Gasteiger partial charge in [0.25, 0.3) is 0 Å². The van der Waals surface area contributed by atoms with Crippen LogP contribution in [0.3, 0.4) is 0 Å². The molecule has 4 rings (SSSR count). The monoisotopic (exact) mass is 341 g/mol. The first-order valence-electron chi connectivity index (χ1n) is 8.78. The Morgan fingerprint density at radius 3 is 2.88 bits per heavy atom. The Kier molecular flexibility index (Phi) is 4.03. The van der Waals surface area contributed by atoms with Gasteiger partial charge in [0.2, 0.25) is 11.9 Å². The van der Waals surface area contributed by atoms with Gasteiger partial charge in [0.1, 0.15) is 5.82 Å². The number of nitrogen functional groups attached to an aromatic ring is 1. The van der Waals surface area contributed by atoms with E-state index in [9.17, 15) is 4.79 Å². The predicted molar refractivity (Wildman–Crippen MR) is 93.5 cm³/mol. The number of fused-ring (bicyclic) bond motifs is 1. The second-order valence-electron chi connectivity index (χ2n) is 6.84. The van der Waals surface area contributed by atoms with Gasteiger partial charge in [-0.15, -0.1) is 0 Å². The standard InChI is InChI=1S/C17H23N7O/c1-11-7-15(21-17(18)20-11)19-9-13-8-14-10-23(5-6-24(14)22-13)16(25)12-3-2-4-12/h7-8,12H,2-6,9-10H2,1H3,(H3,18,19,20,21). The zero-order chi connectivity index (χ0) is 17.4. The minimum Gasteiger partial charge on any atom is -0.368 e. The quantitative estimate of drug-likeness (QED) is 0.869. The number of rotatable bonds is 4. The summed E-state index contributed by atoms with van der Waals surface area (Å²) < 4.78 is 2.00. The third-order valence-corrected chi connectivity index (χ3v) is 4.94. The molecule has 8 heteroatoms. The van der Waals surface area contributed by atoms with Crippen LogP contribution in [0.5, 0.6) is 0 Å². The van der Waals surface area contributed by atoms with Gasteiger partial charge in [-0.05, 0) is 25.8 Å². The molecule has 0 atom stereocenters. The molecule has 0 saturated heterocycles. The molecule has 132 valence electrons. The highest BCUT2D eigenvalue weighted by molar-refractivity contribution is 5.79. The molecule has 2 aliphatic rings. The lowest BCUT2D eigenvalue weighted by Crippen LogP contribution is -2.43. The fraction of sp³-hybridized carbons (Fsp3) is 0.529. The van der Waals surface area contributed by atoms with Gasteiger partial charge in [0.15, 0.2) is 0 Å². The predicted octanol–water partition coefficient (Wildman–Crippen LogP) is 1.32. The summed E-state index contributed by atoms with van der Waals surface area (Å²) in [5, 5.41) is 7.86. The molecule has 25 heavy (non-hydrogen) atoms. The molecule has 0 spiro atoms. The Morgan fingerprint density at radius 1 is 1.32 bits per heavy atom. The van der Waals surface area contributed by atoms with Crippen molar-refractivity contribution in [2.45, 2.75) is 45.8 Å². The van der Waals surface area contributed by atoms with Gasteiger partial charge >= 0.3 is 0 Å². The van der Waals surface area contributed by atoms with Crippen molar-refractivity contribution < 1.29 is 4.79 Å². The Balaban J connectivity index is 1.40. The fourth-order valence-corrected chi connectivity index (χ4v) is 3.38. The van der Waals surface area contributed by atoms with E-state index in [1.54, 1.807) is 0 Å². The molecule has 3 heterocycles. The smallest absolute Gasteiger partial charge is 0.226 e. The number of aryl methyl sites for hydroxylation is 1. The van der Waals surface area contributed by atoms with Crippen LogP contribution in [0.25, 0.3) is 0 Å². The second-order valence-corrected chi connectivity index (χ2v) is 6.84. The first-order chi connectivity index (χ1) is 12.1. The van der Waals surface area contributed by atoms with Gasteiger partial charge in [-0.25, -0.2) is 4.98 Å². The van der Waals surface area contributed by atoms with E-state index in [4.69, 9.17) is 5.73 Å². The number of anilines is 2. The highest BCUT2D eigenvalue weighted by atomic mass is 16.2. The van der Waals surface area contributed by atoms with Gasteiger partial charge < -0.3 is 16.0 Å². The third kappa shape index (κ3) is 3.29. The third-order valence-electron chi connectivity index (χ3n) is 4.94. The van der Waals surface area contributed by atoms with E-state index in [0.29, 0.717) is 24.8 Å².